The van der Waals surface area contributed by atoms with Crippen LogP contribution in [0.15, 0.2) is 0 Å². The van der Waals surface area contributed by atoms with Crippen molar-refractivity contribution in [1.29, 1.82) is 0 Å². The van der Waals surface area contributed by atoms with Crippen molar-refractivity contribution in [2.45, 2.75) is 0 Å². The average molecular weight is 271 g/mol. The lowest BCUT2D eigenvalue weighted by Crippen LogP contribution is -2.17. The second-order valence-electron chi connectivity index (χ2n) is 2.04. The van der Waals surface area contributed by atoms with E-state index in [2.05, 4.69) is 22.0 Å². The van der Waals surface area contributed by atoms with Crippen molar-refractivity contribution in [1.82, 2.24) is 0 Å². The summed E-state index contributed by atoms with van der Waals surface area (Å²) in [5.41, 5.74) is 0. The molecule has 12 heteroatoms. The van der Waals surface area contributed by atoms with Gasteiger partial charge in [0, 0.05) is 0 Å². The van der Waals surface area contributed by atoms with E-state index in [4.69, 9.17) is 9.79 Å². The zero-order valence-electron chi connectivity index (χ0n) is 7.17. The quantitative estimate of drug-likeness (QED) is 0.525. The van der Waals surface area contributed by atoms with Crippen LogP contribution in [0.1, 0.15) is 0 Å². The minimum atomic E-state index is -4.39. The van der Waals surface area contributed by atoms with Crippen LogP contribution in [0.5, 0.6) is 0 Å². The van der Waals surface area contributed by atoms with Crippen molar-refractivity contribution in [2.75, 3.05) is 14.2 Å². The van der Waals surface area contributed by atoms with Crippen LogP contribution in [0.25, 0.3) is 0 Å². The van der Waals surface area contributed by atoms with Gasteiger partial charge < -0.3 is 0 Å². The van der Waals surface area contributed by atoms with Gasteiger partial charge in [0.1, 0.15) is 12.9 Å². The van der Waals surface area contributed by atoms with Crippen LogP contribution in [0.3, 0.4) is 0 Å². The highest BCUT2D eigenvalue weighted by molar-refractivity contribution is 7.81. The molecule has 1 fully saturated rings. The lowest BCUT2D eigenvalue weighted by atomic mass is 11.8. The Kier molecular flexibility index (Phi) is 3.78. The molecule has 9 nitrogen and oxygen atoms in total. The summed E-state index contributed by atoms with van der Waals surface area (Å²) < 4.78 is 21.6. The molecule has 0 aliphatic carbocycles. The van der Waals surface area contributed by atoms with Crippen molar-refractivity contribution in [3.63, 3.8) is 0 Å². The summed E-state index contributed by atoms with van der Waals surface area (Å²) in [6.07, 6.45) is 0. The zero-order valence-corrected chi connectivity index (χ0v) is 9.86. The van der Waals surface area contributed by atoms with Crippen LogP contribution >= 0.6 is 24.5 Å². The van der Waals surface area contributed by atoms with E-state index >= 15 is 0 Å². The fourth-order valence-electron chi connectivity index (χ4n) is 0.577. The normalized spacial score (nSPS) is 42.4. The lowest BCUT2D eigenvalue weighted by Gasteiger charge is -2.17. The van der Waals surface area contributed by atoms with Gasteiger partial charge in [-0.15, -0.1) is 0 Å². The van der Waals surface area contributed by atoms with Gasteiger partial charge in [0.05, 0.1) is 14.2 Å². The Labute approximate surface area is 81.1 Å². The maximum Gasteiger partial charge on any atom is 0.670 e. The van der Waals surface area contributed by atoms with E-state index in [0.29, 0.717) is 0 Å². The fourth-order valence-corrected chi connectivity index (χ4v) is 6.00. The summed E-state index contributed by atoms with van der Waals surface area (Å²) in [4.78, 5) is 36.7. The van der Waals surface area contributed by atoms with Gasteiger partial charge in [-0.2, -0.15) is 28.6 Å². The lowest BCUT2D eigenvalue weighted by molar-refractivity contribution is 0.0851. The molecule has 84 valence electrons. The topological polar surface area (TPSA) is 127 Å². The van der Waals surface area contributed by atoms with E-state index in [9.17, 15) is 9.79 Å². The molecule has 1 aliphatic rings. The Hall–Kier alpha value is 0.930. The SMILES string of the molecule is CO[P+]1(O)O[P+](O)(O)O[P+](O)(OC)O1. The molecule has 0 aromatic heterocycles. The van der Waals surface area contributed by atoms with Crippen LogP contribution in [-0.4, -0.2) is 33.8 Å². The molecule has 0 spiro atoms. The average Bonchev–Trinajstić information content (AvgIpc) is 2.00. The minimum Gasteiger partial charge on any atom is -0.162 e. The molecule has 1 saturated heterocycles. The minimum absolute atomic E-state index is 0.999. The number of hydrogen-bond donors (Lipinski definition) is 4. The van der Waals surface area contributed by atoms with Crippen molar-refractivity contribution < 1.29 is 41.6 Å². The molecule has 0 amide bonds. The van der Waals surface area contributed by atoms with Gasteiger partial charge in [-0.3, -0.25) is 0 Å². The van der Waals surface area contributed by atoms with Crippen LogP contribution in [0.2, 0.25) is 0 Å². The molecular formula is C2H10O9P3+3. The van der Waals surface area contributed by atoms with Gasteiger partial charge in [0.2, 0.25) is 0 Å². The Morgan fingerprint density at radius 3 is 1.43 bits per heavy atom. The van der Waals surface area contributed by atoms with E-state index in [-0.39, 0.29) is 0 Å². The molecule has 4 N–H and O–H groups in total. The maximum absolute atomic E-state index is 9.34. The van der Waals surface area contributed by atoms with Gasteiger partial charge >= 0.3 is 24.5 Å². The number of hydrogen-bond acceptors (Lipinski definition) is 9. The molecular weight excluding hydrogens is 261 g/mol. The van der Waals surface area contributed by atoms with Gasteiger partial charge in [0.25, 0.3) is 0 Å². The van der Waals surface area contributed by atoms with Crippen molar-refractivity contribution in [3.05, 3.63) is 0 Å². The molecule has 0 bridgehead atoms. The first-order chi connectivity index (χ1) is 6.24. The smallest absolute Gasteiger partial charge is 0.162 e. The third-order valence-electron chi connectivity index (χ3n) is 1.09. The molecule has 2 atom stereocenters. The van der Waals surface area contributed by atoms with Crippen LogP contribution in [-0.2, 0) is 22.0 Å². The third-order valence-corrected chi connectivity index (χ3v) is 7.01. The molecule has 14 heavy (non-hydrogen) atoms. The largest absolute Gasteiger partial charge is 0.670 e. The molecule has 2 unspecified atom stereocenters. The van der Waals surface area contributed by atoms with Crippen molar-refractivity contribution >= 4 is 24.5 Å². The Morgan fingerprint density at radius 2 is 1.14 bits per heavy atom. The van der Waals surface area contributed by atoms with Gasteiger partial charge in [-0.05, 0) is 0 Å². The monoisotopic (exact) mass is 271 g/mol. The van der Waals surface area contributed by atoms with Gasteiger partial charge in [-0.1, -0.05) is 0 Å². The summed E-state index contributed by atoms with van der Waals surface area (Å²) >= 11 is 0. The summed E-state index contributed by atoms with van der Waals surface area (Å²) in [7, 11) is -10.4. The second kappa shape index (κ2) is 4.07. The van der Waals surface area contributed by atoms with Crippen LogP contribution in [0.4, 0.5) is 0 Å². The molecule has 1 rings (SSSR count). The first-order valence-corrected chi connectivity index (χ1v) is 7.60. The zero-order chi connectivity index (χ0) is 11.0. The van der Waals surface area contributed by atoms with Crippen LogP contribution < -0.4 is 0 Å². The highest BCUT2D eigenvalue weighted by Crippen LogP contribution is 2.90. The summed E-state index contributed by atoms with van der Waals surface area (Å²) in [6.45, 7) is 0. The van der Waals surface area contributed by atoms with Crippen molar-refractivity contribution in [3.8, 4) is 0 Å². The highest BCUT2D eigenvalue weighted by atomic mass is 31.4. The fraction of sp³-hybridized carbons (Fsp3) is 1.00. The summed E-state index contributed by atoms with van der Waals surface area (Å²) in [5.74, 6) is 0. The van der Waals surface area contributed by atoms with E-state index in [1.54, 1.807) is 0 Å². The van der Waals surface area contributed by atoms with E-state index in [1.807, 2.05) is 0 Å². The molecule has 0 radical (unpaired) electrons. The second-order valence-corrected chi connectivity index (χ2v) is 7.58. The number of rotatable bonds is 2. The molecule has 0 saturated carbocycles. The Balaban J connectivity index is 2.88. The first kappa shape index (κ1) is 13.0. The highest BCUT2D eigenvalue weighted by Gasteiger charge is 2.84. The molecule has 1 aliphatic heterocycles. The molecule has 1 heterocycles. The molecule has 0 aromatic rings. The van der Waals surface area contributed by atoms with Gasteiger partial charge in [0.15, 0.2) is 0 Å². The third kappa shape index (κ3) is 2.96. The van der Waals surface area contributed by atoms with E-state index in [0.717, 1.165) is 14.2 Å². The summed E-state index contributed by atoms with van der Waals surface area (Å²) in [6, 6.07) is 0. The summed E-state index contributed by atoms with van der Waals surface area (Å²) in [5, 5.41) is 0. The van der Waals surface area contributed by atoms with Crippen molar-refractivity contribution in [2.24, 2.45) is 0 Å². The predicted octanol–water partition coefficient (Wildman–Crippen LogP) is 0.345. The molecule has 0 aromatic carbocycles. The Bertz CT molecular complexity index is 202. The van der Waals surface area contributed by atoms with E-state index < -0.39 is 24.5 Å². The van der Waals surface area contributed by atoms with Gasteiger partial charge in [-0.25, -0.2) is 0 Å². The first-order valence-electron chi connectivity index (χ1n) is 3.08. The Morgan fingerprint density at radius 1 is 0.786 bits per heavy atom. The van der Waals surface area contributed by atoms with E-state index in [1.165, 1.54) is 0 Å². The standard InChI is InChI=1S/C2H10O9P3/c1-7-13(5)9-12(3,4)10-14(6,8-2)11-13/h3-6H,1-2H3/q+3. The van der Waals surface area contributed by atoms with Crippen LogP contribution in [0, 0.1) is 0 Å². The predicted molar refractivity (Wildman–Crippen MR) is 46.9 cm³/mol. The maximum atomic E-state index is 9.34.